The molecule has 0 aliphatic carbocycles. The Morgan fingerprint density at radius 1 is 1.06 bits per heavy atom. The molecule has 1 N–H and O–H groups in total. The standard InChI is InChI=1S/C13H12N2O/c16-10-12-3-1-11(2-4-12)9-15-13-5-7-14-8-6-13/h1-8,10H,9H2,(H,14,15). The van der Waals surface area contributed by atoms with Crippen molar-refractivity contribution in [3.8, 4) is 0 Å². The van der Waals surface area contributed by atoms with Gasteiger partial charge in [0.25, 0.3) is 0 Å². The molecule has 3 heteroatoms. The SMILES string of the molecule is O=Cc1ccc(CNc2ccncc2)cc1. The van der Waals surface area contributed by atoms with Gasteiger partial charge in [0.05, 0.1) is 0 Å². The highest BCUT2D eigenvalue weighted by Gasteiger charge is 1.94. The van der Waals surface area contributed by atoms with Crippen LogP contribution < -0.4 is 5.32 Å². The number of nitrogens with one attached hydrogen (secondary N) is 1. The number of hydrogen-bond acceptors (Lipinski definition) is 3. The third-order valence-electron chi connectivity index (χ3n) is 2.29. The van der Waals surface area contributed by atoms with Crippen LogP contribution in [-0.4, -0.2) is 11.3 Å². The summed E-state index contributed by atoms with van der Waals surface area (Å²) in [6, 6.07) is 11.3. The van der Waals surface area contributed by atoms with Crippen molar-refractivity contribution >= 4 is 12.0 Å². The molecule has 0 spiro atoms. The van der Waals surface area contributed by atoms with E-state index in [0.717, 1.165) is 24.1 Å². The normalized spacial score (nSPS) is 9.75. The molecule has 80 valence electrons. The quantitative estimate of drug-likeness (QED) is 0.792. The zero-order chi connectivity index (χ0) is 11.2. The van der Waals surface area contributed by atoms with Crippen molar-refractivity contribution in [2.45, 2.75) is 6.54 Å². The number of pyridine rings is 1. The maximum absolute atomic E-state index is 10.5. The van der Waals surface area contributed by atoms with E-state index in [2.05, 4.69) is 10.3 Å². The summed E-state index contributed by atoms with van der Waals surface area (Å²) in [6.45, 7) is 0.739. The lowest BCUT2D eigenvalue weighted by Crippen LogP contribution is -1.99. The minimum Gasteiger partial charge on any atom is -0.381 e. The Hall–Kier alpha value is -2.16. The van der Waals surface area contributed by atoms with Crippen LogP contribution in [-0.2, 0) is 6.54 Å². The second-order valence-electron chi connectivity index (χ2n) is 3.45. The molecule has 0 saturated carbocycles. The van der Waals surface area contributed by atoms with E-state index in [4.69, 9.17) is 0 Å². The van der Waals surface area contributed by atoms with Gasteiger partial charge in [-0.2, -0.15) is 0 Å². The number of benzene rings is 1. The van der Waals surface area contributed by atoms with Crippen molar-refractivity contribution in [3.63, 3.8) is 0 Å². The van der Waals surface area contributed by atoms with Gasteiger partial charge in [-0.25, -0.2) is 0 Å². The van der Waals surface area contributed by atoms with Crippen molar-refractivity contribution < 1.29 is 4.79 Å². The van der Waals surface area contributed by atoms with Gasteiger partial charge in [0.1, 0.15) is 6.29 Å². The summed E-state index contributed by atoms with van der Waals surface area (Å²) in [7, 11) is 0. The smallest absolute Gasteiger partial charge is 0.150 e. The van der Waals surface area contributed by atoms with Crippen LogP contribution in [0.5, 0.6) is 0 Å². The summed E-state index contributed by atoms with van der Waals surface area (Å²) in [5, 5.41) is 3.27. The maximum atomic E-state index is 10.5. The monoisotopic (exact) mass is 212 g/mol. The molecular formula is C13H12N2O. The van der Waals surface area contributed by atoms with E-state index >= 15 is 0 Å². The molecule has 3 nitrogen and oxygen atoms in total. The number of carbonyl (C=O) groups excluding carboxylic acids is 1. The number of carbonyl (C=O) groups is 1. The topological polar surface area (TPSA) is 42.0 Å². The van der Waals surface area contributed by atoms with Gasteiger partial charge in [0.15, 0.2) is 0 Å². The van der Waals surface area contributed by atoms with E-state index in [9.17, 15) is 4.79 Å². The molecule has 0 fully saturated rings. The molecule has 0 bridgehead atoms. The minimum atomic E-state index is 0.702. The van der Waals surface area contributed by atoms with Gasteiger partial charge < -0.3 is 5.32 Å². The second-order valence-corrected chi connectivity index (χ2v) is 3.45. The fourth-order valence-electron chi connectivity index (χ4n) is 1.39. The highest BCUT2D eigenvalue weighted by atomic mass is 16.1. The Morgan fingerprint density at radius 2 is 1.75 bits per heavy atom. The second kappa shape index (κ2) is 5.07. The Bertz CT molecular complexity index is 451. The van der Waals surface area contributed by atoms with E-state index in [1.165, 1.54) is 0 Å². The lowest BCUT2D eigenvalue weighted by molar-refractivity contribution is 0.112. The largest absolute Gasteiger partial charge is 0.381 e. The van der Waals surface area contributed by atoms with E-state index in [1.807, 2.05) is 36.4 Å². The van der Waals surface area contributed by atoms with Gasteiger partial charge in [0.2, 0.25) is 0 Å². The van der Waals surface area contributed by atoms with Crippen LogP contribution in [0, 0.1) is 0 Å². The van der Waals surface area contributed by atoms with E-state index in [0.29, 0.717) is 5.56 Å². The Labute approximate surface area is 94.1 Å². The molecule has 0 unspecified atom stereocenters. The number of hydrogen-bond donors (Lipinski definition) is 1. The van der Waals surface area contributed by atoms with Crippen molar-refractivity contribution in [2.75, 3.05) is 5.32 Å². The summed E-state index contributed by atoms with van der Waals surface area (Å²) in [5.74, 6) is 0. The third kappa shape index (κ3) is 2.67. The Balaban J connectivity index is 1.97. The highest BCUT2D eigenvalue weighted by molar-refractivity contribution is 5.74. The van der Waals surface area contributed by atoms with Crippen LogP contribution in [0.1, 0.15) is 15.9 Å². The zero-order valence-corrected chi connectivity index (χ0v) is 8.76. The van der Waals surface area contributed by atoms with Gasteiger partial charge in [-0.05, 0) is 17.7 Å². The molecule has 0 amide bonds. The van der Waals surface area contributed by atoms with Crippen LogP contribution in [0.4, 0.5) is 5.69 Å². The van der Waals surface area contributed by atoms with Crippen LogP contribution in [0.2, 0.25) is 0 Å². The van der Waals surface area contributed by atoms with Gasteiger partial charge in [0, 0.05) is 30.2 Å². The number of aromatic nitrogens is 1. The number of aldehydes is 1. The molecule has 2 aromatic rings. The molecule has 0 atom stereocenters. The first-order valence-corrected chi connectivity index (χ1v) is 5.06. The van der Waals surface area contributed by atoms with Crippen molar-refractivity contribution in [3.05, 3.63) is 59.9 Å². The number of anilines is 1. The molecule has 0 saturated heterocycles. The van der Waals surface area contributed by atoms with Crippen LogP contribution in [0.15, 0.2) is 48.8 Å². The molecular weight excluding hydrogens is 200 g/mol. The summed E-state index contributed by atoms with van der Waals surface area (Å²) < 4.78 is 0. The minimum absolute atomic E-state index is 0.702. The van der Waals surface area contributed by atoms with Gasteiger partial charge >= 0.3 is 0 Å². The lowest BCUT2D eigenvalue weighted by Gasteiger charge is -2.05. The van der Waals surface area contributed by atoms with Crippen LogP contribution >= 0.6 is 0 Å². The first kappa shape index (κ1) is 10.4. The first-order chi connectivity index (χ1) is 7.88. The van der Waals surface area contributed by atoms with Crippen LogP contribution in [0.3, 0.4) is 0 Å². The van der Waals surface area contributed by atoms with E-state index < -0.39 is 0 Å². The van der Waals surface area contributed by atoms with Gasteiger partial charge in [-0.3, -0.25) is 9.78 Å². The van der Waals surface area contributed by atoms with E-state index in [1.54, 1.807) is 12.4 Å². The average molecular weight is 212 g/mol. The predicted octanol–water partition coefficient (Wildman–Crippen LogP) is 2.51. The zero-order valence-electron chi connectivity index (χ0n) is 8.76. The molecule has 2 rings (SSSR count). The lowest BCUT2D eigenvalue weighted by atomic mass is 10.1. The first-order valence-electron chi connectivity index (χ1n) is 5.06. The van der Waals surface area contributed by atoms with E-state index in [-0.39, 0.29) is 0 Å². The van der Waals surface area contributed by atoms with Gasteiger partial charge in [-0.15, -0.1) is 0 Å². The van der Waals surface area contributed by atoms with Crippen LogP contribution in [0.25, 0.3) is 0 Å². The average Bonchev–Trinajstić information content (AvgIpc) is 2.38. The third-order valence-corrected chi connectivity index (χ3v) is 2.29. The van der Waals surface area contributed by atoms with Crippen molar-refractivity contribution in [1.82, 2.24) is 4.98 Å². The molecule has 1 aromatic carbocycles. The summed E-state index contributed by atoms with van der Waals surface area (Å²) >= 11 is 0. The molecule has 0 aliphatic rings. The highest BCUT2D eigenvalue weighted by Crippen LogP contribution is 2.08. The molecule has 1 aromatic heterocycles. The predicted molar refractivity (Wildman–Crippen MR) is 63.4 cm³/mol. The molecule has 0 radical (unpaired) electrons. The number of rotatable bonds is 4. The Morgan fingerprint density at radius 3 is 2.38 bits per heavy atom. The Kier molecular flexibility index (Phi) is 3.28. The fourth-order valence-corrected chi connectivity index (χ4v) is 1.39. The molecule has 1 heterocycles. The molecule has 0 aliphatic heterocycles. The number of nitrogens with zero attached hydrogens (tertiary/aromatic N) is 1. The summed E-state index contributed by atoms with van der Waals surface area (Å²) in [5.41, 5.74) is 2.88. The van der Waals surface area contributed by atoms with Crippen molar-refractivity contribution in [2.24, 2.45) is 0 Å². The van der Waals surface area contributed by atoms with Crippen molar-refractivity contribution in [1.29, 1.82) is 0 Å². The summed E-state index contributed by atoms with van der Waals surface area (Å²) in [4.78, 5) is 14.4. The van der Waals surface area contributed by atoms with Gasteiger partial charge in [-0.1, -0.05) is 24.3 Å². The fraction of sp³-hybridized carbons (Fsp3) is 0.0769. The maximum Gasteiger partial charge on any atom is 0.150 e. The summed E-state index contributed by atoms with van der Waals surface area (Å²) in [6.07, 6.45) is 4.34. The molecule has 16 heavy (non-hydrogen) atoms.